The summed E-state index contributed by atoms with van der Waals surface area (Å²) in [6.45, 7) is 3.32. The second-order valence-corrected chi connectivity index (χ2v) is 4.47. The fourth-order valence-electron chi connectivity index (χ4n) is 2.11. The Balaban J connectivity index is 2.40. The predicted molar refractivity (Wildman–Crippen MR) is 67.9 cm³/mol. The Morgan fingerprint density at radius 2 is 2.00 bits per heavy atom. The van der Waals surface area contributed by atoms with Crippen molar-refractivity contribution in [3.8, 4) is 0 Å². The Hall–Kier alpha value is -1.34. The van der Waals surface area contributed by atoms with Crippen molar-refractivity contribution < 1.29 is 24.5 Å². The van der Waals surface area contributed by atoms with Gasteiger partial charge in [0.1, 0.15) is 6.54 Å². The van der Waals surface area contributed by atoms with Crippen molar-refractivity contribution in [3.63, 3.8) is 0 Å². The average Bonchev–Trinajstić information content (AvgIpc) is 2.42. The maximum Gasteiger partial charge on any atom is 0.323 e. The molecule has 2 amide bonds. The molecule has 2 N–H and O–H groups in total. The smallest absolute Gasteiger partial charge is 0.323 e. The van der Waals surface area contributed by atoms with Crippen molar-refractivity contribution in [1.82, 2.24) is 9.80 Å². The van der Waals surface area contributed by atoms with Crippen LogP contribution in [0.5, 0.6) is 0 Å². The van der Waals surface area contributed by atoms with Crippen LogP contribution in [0.1, 0.15) is 19.8 Å². The van der Waals surface area contributed by atoms with Crippen LogP contribution in [0.15, 0.2) is 0 Å². The number of ether oxygens (including phenoxy) is 1. The molecule has 1 aliphatic rings. The molecule has 0 unspecified atom stereocenters. The highest BCUT2D eigenvalue weighted by Crippen LogP contribution is 2.15. The van der Waals surface area contributed by atoms with Crippen molar-refractivity contribution in [2.45, 2.75) is 25.9 Å². The molecular formula is C12H22N2O5. The van der Waals surface area contributed by atoms with E-state index in [1.807, 2.05) is 0 Å². The number of carboxylic acid groups (broad SMARTS) is 1. The molecule has 1 saturated heterocycles. The number of likely N-dealkylation sites (N-methyl/N-ethyl adjacent to an activating group) is 1. The first-order chi connectivity index (χ1) is 9.08. The molecule has 0 radical (unpaired) electrons. The summed E-state index contributed by atoms with van der Waals surface area (Å²) in [6, 6.07) is -0.231. The molecule has 0 aliphatic carbocycles. The van der Waals surface area contributed by atoms with E-state index in [9.17, 15) is 9.59 Å². The van der Waals surface area contributed by atoms with Crippen molar-refractivity contribution in [3.05, 3.63) is 0 Å². The van der Waals surface area contributed by atoms with Gasteiger partial charge in [-0.1, -0.05) is 0 Å². The van der Waals surface area contributed by atoms with Gasteiger partial charge in [-0.05, 0) is 19.8 Å². The molecule has 0 aromatic heterocycles. The number of amides is 2. The van der Waals surface area contributed by atoms with Crippen LogP contribution in [0.3, 0.4) is 0 Å². The summed E-state index contributed by atoms with van der Waals surface area (Å²) in [7, 11) is 0. The summed E-state index contributed by atoms with van der Waals surface area (Å²) in [5.41, 5.74) is 0. The molecule has 0 aromatic rings. The maximum absolute atomic E-state index is 12.1. The Labute approximate surface area is 112 Å². The molecule has 1 rings (SSSR count). The number of urea groups is 1. The van der Waals surface area contributed by atoms with Gasteiger partial charge in [-0.3, -0.25) is 4.79 Å². The van der Waals surface area contributed by atoms with Gasteiger partial charge in [-0.15, -0.1) is 0 Å². The highest BCUT2D eigenvalue weighted by molar-refractivity contribution is 5.80. The zero-order valence-electron chi connectivity index (χ0n) is 11.2. The number of carboxylic acids is 1. The third-order valence-corrected chi connectivity index (χ3v) is 3.14. The van der Waals surface area contributed by atoms with Gasteiger partial charge in [-0.2, -0.15) is 0 Å². The van der Waals surface area contributed by atoms with Gasteiger partial charge in [0.2, 0.25) is 0 Å². The molecule has 0 saturated carbocycles. The SMILES string of the molecule is CCN(CC(=O)O)C(=O)N1CCC(OCCO)CC1. The van der Waals surface area contributed by atoms with Crippen LogP contribution in [0, 0.1) is 0 Å². The number of likely N-dealkylation sites (tertiary alicyclic amines) is 1. The fraction of sp³-hybridized carbons (Fsp3) is 0.833. The molecule has 0 atom stereocenters. The van der Waals surface area contributed by atoms with Crippen LogP contribution >= 0.6 is 0 Å². The third-order valence-electron chi connectivity index (χ3n) is 3.14. The number of rotatable bonds is 6. The van der Waals surface area contributed by atoms with Crippen molar-refractivity contribution in [1.29, 1.82) is 0 Å². The normalized spacial score (nSPS) is 16.4. The van der Waals surface area contributed by atoms with E-state index in [4.69, 9.17) is 14.9 Å². The van der Waals surface area contributed by atoms with E-state index in [-0.39, 0.29) is 25.3 Å². The van der Waals surface area contributed by atoms with Crippen LogP contribution in [0.25, 0.3) is 0 Å². The van der Waals surface area contributed by atoms with Crippen molar-refractivity contribution in [2.24, 2.45) is 0 Å². The lowest BCUT2D eigenvalue weighted by Gasteiger charge is -2.34. The zero-order chi connectivity index (χ0) is 14.3. The lowest BCUT2D eigenvalue weighted by atomic mass is 10.1. The topological polar surface area (TPSA) is 90.3 Å². The van der Waals surface area contributed by atoms with Crippen LogP contribution in [-0.4, -0.2) is 77.5 Å². The summed E-state index contributed by atoms with van der Waals surface area (Å²) in [6.07, 6.45) is 1.51. The average molecular weight is 274 g/mol. The molecule has 110 valence electrons. The highest BCUT2D eigenvalue weighted by atomic mass is 16.5. The molecular weight excluding hydrogens is 252 g/mol. The number of carbonyl (C=O) groups excluding carboxylic acids is 1. The van der Waals surface area contributed by atoms with Crippen LogP contribution in [-0.2, 0) is 9.53 Å². The van der Waals surface area contributed by atoms with Gasteiger partial charge in [0, 0.05) is 19.6 Å². The van der Waals surface area contributed by atoms with E-state index in [0.717, 1.165) is 12.8 Å². The maximum atomic E-state index is 12.1. The van der Waals surface area contributed by atoms with Crippen molar-refractivity contribution >= 4 is 12.0 Å². The number of nitrogens with zero attached hydrogens (tertiary/aromatic N) is 2. The molecule has 7 heteroatoms. The molecule has 1 aliphatic heterocycles. The van der Waals surface area contributed by atoms with Crippen LogP contribution in [0.4, 0.5) is 4.79 Å². The highest BCUT2D eigenvalue weighted by Gasteiger charge is 2.26. The molecule has 19 heavy (non-hydrogen) atoms. The quantitative estimate of drug-likeness (QED) is 0.710. The fourth-order valence-corrected chi connectivity index (χ4v) is 2.11. The third kappa shape index (κ3) is 5.04. The minimum Gasteiger partial charge on any atom is -0.480 e. The number of hydrogen-bond donors (Lipinski definition) is 2. The molecule has 1 fully saturated rings. The summed E-state index contributed by atoms with van der Waals surface area (Å²) >= 11 is 0. The van der Waals surface area contributed by atoms with E-state index in [0.29, 0.717) is 26.2 Å². The number of carbonyl (C=O) groups is 2. The van der Waals surface area contributed by atoms with Crippen LogP contribution < -0.4 is 0 Å². The zero-order valence-corrected chi connectivity index (χ0v) is 11.2. The molecule has 0 bridgehead atoms. The van der Waals surface area contributed by atoms with E-state index >= 15 is 0 Å². The van der Waals surface area contributed by atoms with Gasteiger partial charge < -0.3 is 24.7 Å². The summed E-state index contributed by atoms with van der Waals surface area (Å²) in [5.74, 6) is -1.00. The number of aliphatic hydroxyl groups is 1. The van der Waals surface area contributed by atoms with E-state index in [1.54, 1.807) is 11.8 Å². The van der Waals surface area contributed by atoms with Gasteiger partial charge >= 0.3 is 12.0 Å². The Kier molecular flexibility index (Phi) is 6.58. The first-order valence-electron chi connectivity index (χ1n) is 6.56. The summed E-state index contributed by atoms with van der Waals surface area (Å²) in [4.78, 5) is 25.7. The second kappa shape index (κ2) is 7.96. The lowest BCUT2D eigenvalue weighted by Crippen LogP contribution is -2.49. The predicted octanol–water partition coefficient (Wildman–Crippen LogP) is -0.0138. The van der Waals surface area contributed by atoms with Crippen molar-refractivity contribution in [2.75, 3.05) is 39.4 Å². The molecule has 1 heterocycles. The monoisotopic (exact) mass is 274 g/mol. The summed E-state index contributed by atoms with van der Waals surface area (Å²) in [5, 5.41) is 17.4. The number of aliphatic carboxylic acids is 1. The number of hydrogen-bond acceptors (Lipinski definition) is 4. The second-order valence-electron chi connectivity index (χ2n) is 4.47. The molecule has 0 spiro atoms. The lowest BCUT2D eigenvalue weighted by molar-refractivity contribution is -0.137. The standard InChI is InChI=1S/C12H22N2O5/c1-2-13(9-11(16)17)12(18)14-5-3-10(4-6-14)19-8-7-15/h10,15H,2-9H2,1H3,(H,16,17). The Bertz CT molecular complexity index is 302. The number of aliphatic hydroxyl groups excluding tert-OH is 1. The largest absolute Gasteiger partial charge is 0.480 e. The first kappa shape index (κ1) is 15.7. The van der Waals surface area contributed by atoms with E-state index in [1.165, 1.54) is 4.90 Å². The van der Waals surface area contributed by atoms with E-state index < -0.39 is 5.97 Å². The van der Waals surface area contributed by atoms with Gasteiger partial charge in [0.05, 0.1) is 19.3 Å². The minimum absolute atomic E-state index is 0.00136. The van der Waals surface area contributed by atoms with Gasteiger partial charge in [0.15, 0.2) is 0 Å². The molecule has 7 nitrogen and oxygen atoms in total. The minimum atomic E-state index is -1.00. The summed E-state index contributed by atoms with van der Waals surface area (Å²) < 4.78 is 5.42. The van der Waals surface area contributed by atoms with Crippen LogP contribution in [0.2, 0.25) is 0 Å². The van der Waals surface area contributed by atoms with Gasteiger partial charge in [0.25, 0.3) is 0 Å². The van der Waals surface area contributed by atoms with E-state index in [2.05, 4.69) is 0 Å². The van der Waals surface area contributed by atoms with Gasteiger partial charge in [-0.25, -0.2) is 4.79 Å². The first-order valence-corrected chi connectivity index (χ1v) is 6.56. The Morgan fingerprint density at radius 1 is 1.37 bits per heavy atom. The number of piperidine rings is 1. The molecule has 0 aromatic carbocycles. The Morgan fingerprint density at radius 3 is 2.47 bits per heavy atom.